The molecule has 2 heterocycles. The monoisotopic (exact) mass is 452 g/mol. The minimum atomic E-state index is -0.347. The standard InChI is InChI=1S/C27H21N3O2S/c31-22-15-12-19(13-16-22)11-14-21-18-30-25(26(28-21)33-23-9-5-2-6-10-23)29-24(27(30)32)17-20-7-3-1-4-8-20/h1-16,18,24,31H,17H2/p+1/b14-11+. The first-order chi connectivity index (χ1) is 16.2. The highest BCUT2D eigenvalue weighted by Gasteiger charge is 2.41. The Bertz CT molecular complexity index is 1310. The van der Waals surface area contributed by atoms with Crippen LogP contribution in [-0.4, -0.2) is 22.0 Å². The van der Waals surface area contributed by atoms with Crippen molar-refractivity contribution in [2.24, 2.45) is 0 Å². The van der Waals surface area contributed by atoms with E-state index in [0.717, 1.165) is 26.9 Å². The van der Waals surface area contributed by atoms with Gasteiger partial charge in [-0.1, -0.05) is 78.5 Å². The van der Waals surface area contributed by atoms with Gasteiger partial charge in [-0.2, -0.15) is 4.57 Å². The summed E-state index contributed by atoms with van der Waals surface area (Å²) in [5.41, 5.74) is 2.72. The lowest BCUT2D eigenvalue weighted by molar-refractivity contribution is -0.555. The summed E-state index contributed by atoms with van der Waals surface area (Å²) in [5, 5.41) is 13.7. The highest BCUT2D eigenvalue weighted by molar-refractivity contribution is 7.99. The number of anilines is 1. The molecule has 0 aliphatic carbocycles. The summed E-state index contributed by atoms with van der Waals surface area (Å²) in [7, 11) is 0. The average Bonchev–Trinajstić information content (AvgIpc) is 3.15. The zero-order valence-electron chi connectivity index (χ0n) is 17.8. The third-order valence-electron chi connectivity index (χ3n) is 5.36. The molecule has 3 aromatic carbocycles. The van der Waals surface area contributed by atoms with Crippen LogP contribution in [0.15, 0.2) is 101 Å². The first kappa shape index (κ1) is 21.0. The van der Waals surface area contributed by atoms with Crippen LogP contribution in [-0.2, 0) is 6.42 Å². The maximum atomic E-state index is 13.3. The number of carbonyl (C=O) groups is 1. The van der Waals surface area contributed by atoms with E-state index >= 15 is 0 Å². The smallest absolute Gasteiger partial charge is 0.359 e. The zero-order chi connectivity index (χ0) is 22.6. The molecule has 1 aromatic heterocycles. The molecule has 0 amide bonds. The molecular weight excluding hydrogens is 430 g/mol. The van der Waals surface area contributed by atoms with E-state index in [-0.39, 0.29) is 17.7 Å². The number of nitrogens with zero attached hydrogens (tertiary/aromatic N) is 2. The summed E-state index contributed by atoms with van der Waals surface area (Å²) in [4.78, 5) is 19.2. The van der Waals surface area contributed by atoms with Crippen LogP contribution >= 0.6 is 11.8 Å². The zero-order valence-corrected chi connectivity index (χ0v) is 18.6. The van der Waals surface area contributed by atoms with Gasteiger partial charge in [-0.3, -0.25) is 5.32 Å². The molecule has 1 aliphatic heterocycles. The lowest BCUT2D eigenvalue weighted by Crippen LogP contribution is -2.44. The topological polar surface area (TPSA) is 66.1 Å². The van der Waals surface area contributed by atoms with Gasteiger partial charge in [0.15, 0.2) is 11.1 Å². The van der Waals surface area contributed by atoms with Crippen LogP contribution in [0.4, 0.5) is 5.82 Å². The molecule has 0 radical (unpaired) electrons. The number of hydrogen-bond acceptors (Lipinski definition) is 5. The van der Waals surface area contributed by atoms with Crippen LogP contribution in [0.2, 0.25) is 0 Å². The Labute approximate surface area is 196 Å². The van der Waals surface area contributed by atoms with Gasteiger partial charge in [0.2, 0.25) is 0 Å². The second-order valence-electron chi connectivity index (χ2n) is 7.75. The van der Waals surface area contributed by atoms with Crippen molar-refractivity contribution in [1.82, 2.24) is 4.98 Å². The van der Waals surface area contributed by atoms with Gasteiger partial charge in [-0.15, -0.1) is 0 Å². The first-order valence-corrected chi connectivity index (χ1v) is 11.5. The fourth-order valence-electron chi connectivity index (χ4n) is 3.71. The molecule has 1 atom stereocenters. The fourth-order valence-corrected chi connectivity index (χ4v) is 4.63. The van der Waals surface area contributed by atoms with E-state index in [1.807, 2.05) is 84.9 Å². The molecule has 2 N–H and O–H groups in total. The van der Waals surface area contributed by atoms with Crippen molar-refractivity contribution in [1.29, 1.82) is 0 Å². The summed E-state index contributed by atoms with van der Waals surface area (Å²) < 4.78 is 1.68. The molecule has 5 rings (SSSR count). The van der Waals surface area contributed by atoms with E-state index in [0.29, 0.717) is 12.1 Å². The number of aromatic nitrogens is 2. The number of benzene rings is 3. The van der Waals surface area contributed by atoms with Crippen LogP contribution in [0, 0.1) is 0 Å². The first-order valence-electron chi connectivity index (χ1n) is 10.7. The molecule has 4 aromatic rings. The van der Waals surface area contributed by atoms with Crippen molar-refractivity contribution < 1.29 is 14.5 Å². The van der Waals surface area contributed by atoms with Crippen molar-refractivity contribution in [2.75, 3.05) is 5.32 Å². The predicted molar refractivity (Wildman–Crippen MR) is 130 cm³/mol. The largest absolute Gasteiger partial charge is 0.508 e. The Morgan fingerprint density at radius 3 is 2.36 bits per heavy atom. The number of hydrogen-bond donors (Lipinski definition) is 2. The predicted octanol–water partition coefficient (Wildman–Crippen LogP) is 5.07. The summed E-state index contributed by atoms with van der Waals surface area (Å²) in [6.07, 6.45) is 6.18. The van der Waals surface area contributed by atoms with Gasteiger partial charge in [0.05, 0.1) is 0 Å². The van der Waals surface area contributed by atoms with Crippen LogP contribution in [0.5, 0.6) is 5.75 Å². The number of rotatable bonds is 6. The molecule has 33 heavy (non-hydrogen) atoms. The number of phenolic OH excluding ortho intramolecular Hbond substituents is 1. The van der Waals surface area contributed by atoms with Gasteiger partial charge >= 0.3 is 11.7 Å². The van der Waals surface area contributed by atoms with Crippen molar-refractivity contribution >= 4 is 35.6 Å². The number of aromatic hydroxyl groups is 1. The number of carbonyl (C=O) groups excluding carboxylic acids is 1. The Hall–Kier alpha value is -3.90. The van der Waals surface area contributed by atoms with Crippen molar-refractivity contribution in [2.45, 2.75) is 22.4 Å². The third-order valence-corrected chi connectivity index (χ3v) is 6.35. The van der Waals surface area contributed by atoms with E-state index in [1.165, 1.54) is 11.8 Å². The number of fused-ring (bicyclic) bond motifs is 1. The summed E-state index contributed by atoms with van der Waals surface area (Å²) in [6.45, 7) is 0. The SMILES string of the molecule is O=C1C(Cc2ccccc2)Nc2c(Sc3ccccc3)nc(/C=C/c3ccc(O)cc3)c[n+]21. The van der Waals surface area contributed by atoms with Crippen LogP contribution in [0.3, 0.4) is 0 Å². The molecule has 0 spiro atoms. The van der Waals surface area contributed by atoms with Crippen molar-refractivity contribution in [3.05, 3.63) is 108 Å². The lowest BCUT2D eigenvalue weighted by atomic mass is 10.1. The van der Waals surface area contributed by atoms with Crippen LogP contribution in [0.25, 0.3) is 12.2 Å². The van der Waals surface area contributed by atoms with Crippen LogP contribution in [0.1, 0.15) is 21.6 Å². The maximum Gasteiger partial charge on any atom is 0.359 e. The quantitative estimate of drug-likeness (QED) is 0.400. The third kappa shape index (κ3) is 4.81. The van der Waals surface area contributed by atoms with E-state index < -0.39 is 0 Å². The molecule has 162 valence electrons. The van der Waals surface area contributed by atoms with Gasteiger partial charge in [0, 0.05) is 11.3 Å². The highest BCUT2D eigenvalue weighted by atomic mass is 32.2. The molecular formula is C27H22N3O2S+. The van der Waals surface area contributed by atoms with E-state index in [4.69, 9.17) is 4.98 Å². The van der Waals surface area contributed by atoms with Crippen LogP contribution < -0.4 is 9.88 Å². The lowest BCUT2D eigenvalue weighted by Gasteiger charge is -2.05. The Kier molecular flexibility index (Phi) is 5.91. The molecule has 5 nitrogen and oxygen atoms in total. The molecule has 1 aliphatic rings. The van der Waals surface area contributed by atoms with Gasteiger partial charge in [-0.05, 0) is 41.5 Å². The Balaban J connectivity index is 1.49. The van der Waals surface area contributed by atoms with Gasteiger partial charge < -0.3 is 5.11 Å². The normalized spacial score (nSPS) is 14.9. The minimum absolute atomic E-state index is 0.00504. The summed E-state index contributed by atoms with van der Waals surface area (Å²) in [5.74, 6) is 0.947. The van der Waals surface area contributed by atoms with E-state index in [2.05, 4.69) is 5.32 Å². The maximum absolute atomic E-state index is 13.3. The van der Waals surface area contributed by atoms with Gasteiger partial charge in [0.25, 0.3) is 0 Å². The molecule has 0 bridgehead atoms. The summed E-state index contributed by atoms with van der Waals surface area (Å²) >= 11 is 1.53. The number of nitrogens with one attached hydrogen (secondary N) is 1. The summed E-state index contributed by atoms with van der Waals surface area (Å²) in [6, 6.07) is 26.6. The van der Waals surface area contributed by atoms with Crippen molar-refractivity contribution in [3.8, 4) is 5.75 Å². The number of phenols is 1. The van der Waals surface area contributed by atoms with E-state index in [9.17, 15) is 9.90 Å². The molecule has 0 saturated heterocycles. The average molecular weight is 453 g/mol. The minimum Gasteiger partial charge on any atom is -0.508 e. The second-order valence-corrected chi connectivity index (χ2v) is 8.82. The molecule has 0 fully saturated rings. The Morgan fingerprint density at radius 1 is 0.939 bits per heavy atom. The van der Waals surface area contributed by atoms with Gasteiger partial charge in [-0.25, -0.2) is 9.78 Å². The highest BCUT2D eigenvalue weighted by Crippen LogP contribution is 2.32. The Morgan fingerprint density at radius 2 is 1.64 bits per heavy atom. The molecule has 1 unspecified atom stereocenters. The van der Waals surface area contributed by atoms with Crippen molar-refractivity contribution in [3.63, 3.8) is 0 Å². The fraction of sp³-hybridized carbons (Fsp3) is 0.0741. The van der Waals surface area contributed by atoms with E-state index in [1.54, 1.807) is 22.9 Å². The molecule has 0 saturated carbocycles. The second kappa shape index (κ2) is 9.30. The van der Waals surface area contributed by atoms with Gasteiger partial charge in [0.1, 0.15) is 17.6 Å². The molecule has 6 heteroatoms.